The van der Waals surface area contributed by atoms with E-state index in [1.807, 2.05) is 12.1 Å². The van der Waals surface area contributed by atoms with E-state index in [1.54, 1.807) is 12.1 Å². The third-order valence-electron chi connectivity index (χ3n) is 7.50. The predicted molar refractivity (Wildman–Crippen MR) is 139 cm³/mol. The number of aliphatic hydroxyl groups is 1. The number of aliphatic hydroxyl groups excluding tert-OH is 1. The Morgan fingerprint density at radius 2 is 2.03 bits per heavy atom. The second kappa shape index (κ2) is 11.5. The number of methoxy groups -OCH3 is 1. The number of hydrogen-bond acceptors (Lipinski definition) is 8. The summed E-state index contributed by atoms with van der Waals surface area (Å²) in [6, 6.07) is 5.23. The first kappa shape index (κ1) is 27.6. The average Bonchev–Trinajstić information content (AvgIpc) is 3.13. The molecule has 3 N–H and O–H groups in total. The van der Waals surface area contributed by atoms with Crippen LogP contribution in [0.5, 0.6) is 5.75 Å². The molecule has 0 spiro atoms. The van der Waals surface area contributed by atoms with Gasteiger partial charge in [0, 0.05) is 10.0 Å². The van der Waals surface area contributed by atoms with Crippen molar-refractivity contribution in [2.75, 3.05) is 13.7 Å². The van der Waals surface area contributed by atoms with Crippen molar-refractivity contribution in [3.05, 3.63) is 45.0 Å². The highest BCUT2D eigenvalue weighted by atomic mass is 79.9. The minimum Gasteiger partial charge on any atom is -0.507 e. The molecule has 2 saturated heterocycles. The number of halogens is 1. The van der Waals surface area contributed by atoms with Crippen LogP contribution in [0.4, 0.5) is 4.79 Å². The second-order valence-corrected chi connectivity index (χ2v) is 10.7. The molecule has 0 saturated carbocycles. The number of carbonyl (C=O) groups excluding carboxylic acids is 3. The summed E-state index contributed by atoms with van der Waals surface area (Å²) in [6.45, 7) is 1.75. The molecule has 3 aliphatic rings. The first-order chi connectivity index (χ1) is 17.7. The number of phenolic OH excluding ortho intramolecular Hbond substituents is 1. The third-order valence-corrected chi connectivity index (χ3v) is 8.00. The molecule has 2 heterocycles. The number of rotatable bonds is 7. The number of carbonyl (C=O) groups is 3. The number of fused-ring (bicyclic) bond motifs is 3. The Bertz CT molecular complexity index is 1150. The Balaban J connectivity index is 1.62. The summed E-state index contributed by atoms with van der Waals surface area (Å²) < 4.78 is 11.4. The zero-order chi connectivity index (χ0) is 26.9. The molecule has 1 aliphatic carbocycles. The first-order valence-electron chi connectivity index (χ1n) is 12.5. The molecule has 198 valence electrons. The molecule has 37 heavy (non-hydrogen) atoms. The van der Waals surface area contributed by atoms with Crippen molar-refractivity contribution in [2.45, 2.75) is 51.5 Å². The number of aromatic hydroxyl groups is 1. The van der Waals surface area contributed by atoms with E-state index in [2.05, 4.69) is 27.6 Å². The van der Waals surface area contributed by atoms with E-state index in [1.165, 1.54) is 0 Å². The highest BCUT2D eigenvalue weighted by Gasteiger charge is 2.59. The number of phenols is 1. The lowest BCUT2D eigenvalue weighted by atomic mass is 9.58. The van der Waals surface area contributed by atoms with E-state index in [0.29, 0.717) is 28.9 Å². The van der Waals surface area contributed by atoms with Gasteiger partial charge in [0.2, 0.25) is 11.8 Å². The molecule has 2 fully saturated rings. The molecule has 4 rings (SSSR count). The molecule has 0 aromatic heterocycles. The summed E-state index contributed by atoms with van der Waals surface area (Å²) in [5.74, 6) is -3.24. The molecule has 0 bridgehead atoms. The second-order valence-electron chi connectivity index (χ2n) is 9.75. The number of likely N-dealkylation sites (tertiary alicyclic amines) is 1. The summed E-state index contributed by atoms with van der Waals surface area (Å²) in [5, 5.41) is 31.1. The Morgan fingerprint density at radius 3 is 2.70 bits per heavy atom. The van der Waals surface area contributed by atoms with Gasteiger partial charge in [-0.15, -0.1) is 0 Å². The zero-order valence-corrected chi connectivity index (χ0v) is 22.4. The Hall–Kier alpha value is -2.47. The first-order valence-corrected chi connectivity index (χ1v) is 13.3. The lowest BCUT2D eigenvalue weighted by Crippen LogP contribution is -2.46. The minimum absolute atomic E-state index is 0.0914. The van der Waals surface area contributed by atoms with Crippen LogP contribution in [0.1, 0.15) is 44.6 Å². The molecule has 0 radical (unpaired) electrons. The van der Waals surface area contributed by atoms with Gasteiger partial charge in [-0.3, -0.25) is 9.59 Å². The van der Waals surface area contributed by atoms with E-state index < -0.39 is 48.9 Å². The lowest BCUT2D eigenvalue weighted by molar-refractivity contribution is -0.137. The maximum Gasteiger partial charge on any atom is 0.455 e. The molecular formula is C26H31BBrNO8. The van der Waals surface area contributed by atoms with Crippen molar-refractivity contribution in [2.24, 2.45) is 17.8 Å². The van der Waals surface area contributed by atoms with Crippen LogP contribution in [0.25, 0.3) is 6.08 Å². The molecule has 9 nitrogen and oxygen atoms in total. The molecule has 0 unspecified atom stereocenters. The number of benzene rings is 1. The minimum atomic E-state index is -1.15. The molecule has 1 aromatic rings. The van der Waals surface area contributed by atoms with Crippen molar-refractivity contribution in [3.63, 3.8) is 0 Å². The van der Waals surface area contributed by atoms with Crippen LogP contribution in [0.2, 0.25) is 6.32 Å². The third kappa shape index (κ3) is 5.41. The van der Waals surface area contributed by atoms with Crippen LogP contribution in [0.15, 0.2) is 39.4 Å². The fraction of sp³-hybridized carbons (Fsp3) is 0.500. The molecule has 2 aliphatic heterocycles. The van der Waals surface area contributed by atoms with Crippen LogP contribution in [-0.2, 0) is 19.0 Å². The Morgan fingerprint density at radius 1 is 1.27 bits per heavy atom. The van der Waals surface area contributed by atoms with Crippen molar-refractivity contribution in [1.29, 1.82) is 0 Å². The fourth-order valence-corrected chi connectivity index (χ4v) is 6.33. The van der Waals surface area contributed by atoms with Crippen LogP contribution < -0.4 is 0 Å². The van der Waals surface area contributed by atoms with Gasteiger partial charge in [0.25, 0.3) is 0 Å². The molecular weight excluding hydrogens is 545 g/mol. The summed E-state index contributed by atoms with van der Waals surface area (Å²) in [6.07, 6.45) is 3.36. The largest absolute Gasteiger partial charge is 0.507 e. The molecule has 4 atom stereocenters. The van der Waals surface area contributed by atoms with Gasteiger partial charge in [0.1, 0.15) is 5.75 Å². The Kier molecular flexibility index (Phi) is 8.58. The average molecular weight is 576 g/mol. The fourth-order valence-electron chi connectivity index (χ4n) is 5.95. The van der Waals surface area contributed by atoms with Gasteiger partial charge in [-0.1, -0.05) is 40.9 Å². The lowest BCUT2D eigenvalue weighted by Gasteiger charge is -2.42. The highest BCUT2D eigenvalue weighted by Crippen LogP contribution is 2.50. The molecule has 11 heteroatoms. The van der Waals surface area contributed by atoms with Crippen LogP contribution in [0.3, 0.4) is 0 Å². The van der Waals surface area contributed by atoms with E-state index >= 15 is 0 Å². The summed E-state index contributed by atoms with van der Waals surface area (Å²) in [4.78, 5) is 38.8. The monoisotopic (exact) mass is 575 g/mol. The van der Waals surface area contributed by atoms with Gasteiger partial charge in [0.15, 0.2) is 0 Å². The van der Waals surface area contributed by atoms with E-state index in [9.17, 15) is 29.6 Å². The van der Waals surface area contributed by atoms with Gasteiger partial charge in [-0.2, -0.15) is 4.90 Å². The number of hydrogen-bond donors (Lipinski definition) is 3. The van der Waals surface area contributed by atoms with Crippen molar-refractivity contribution >= 4 is 47.0 Å². The van der Waals surface area contributed by atoms with Crippen LogP contribution >= 0.6 is 15.9 Å². The number of imide groups is 3. The van der Waals surface area contributed by atoms with Crippen molar-refractivity contribution in [1.82, 2.24) is 4.90 Å². The van der Waals surface area contributed by atoms with E-state index in [-0.39, 0.29) is 25.1 Å². The van der Waals surface area contributed by atoms with Crippen molar-refractivity contribution in [3.8, 4) is 5.75 Å². The normalized spacial score (nSPS) is 25.9. The summed E-state index contributed by atoms with van der Waals surface area (Å²) in [7, 11) is -0.0442. The maximum atomic E-state index is 13.2. The smallest absolute Gasteiger partial charge is 0.455 e. The standard InChI is InChI=1S/C26H31BBrNO8/c1-3-4-14(9-15-10-17(28)6-7-20(15)31)5-8-21-22-16(13-30)11-18-23(19(22)12-27(35)37-21)25(33)29(24(18)32)26(34)36-2/h6-7,9-10,18-19,21,23,30-31,35H,3-5,8,11-13H2,1-2H3/b14-9+/t18-,19+,21-,23-/m1/s1. The predicted octanol–water partition coefficient (Wildman–Crippen LogP) is 3.67. The summed E-state index contributed by atoms with van der Waals surface area (Å²) in [5.41, 5.74) is 3.12. The number of amides is 3. The topological polar surface area (TPSA) is 134 Å². The van der Waals surface area contributed by atoms with Gasteiger partial charge in [-0.05, 0) is 67.3 Å². The zero-order valence-electron chi connectivity index (χ0n) is 20.9. The van der Waals surface area contributed by atoms with Gasteiger partial charge in [-0.25, -0.2) is 4.79 Å². The van der Waals surface area contributed by atoms with E-state index in [0.717, 1.165) is 35.6 Å². The Labute approximate surface area is 224 Å². The van der Waals surface area contributed by atoms with E-state index in [4.69, 9.17) is 4.65 Å². The number of allylic oxidation sites excluding steroid dienone is 1. The quantitative estimate of drug-likeness (QED) is 0.255. The number of ether oxygens (including phenoxy) is 1. The van der Waals surface area contributed by atoms with Gasteiger partial charge < -0.3 is 24.6 Å². The number of nitrogens with zero attached hydrogens (tertiary/aromatic N) is 1. The van der Waals surface area contributed by atoms with Crippen LogP contribution in [0, 0.1) is 17.8 Å². The van der Waals surface area contributed by atoms with Gasteiger partial charge >= 0.3 is 13.2 Å². The van der Waals surface area contributed by atoms with Crippen LogP contribution in [-0.4, -0.2) is 65.0 Å². The maximum absolute atomic E-state index is 13.2. The van der Waals surface area contributed by atoms with Gasteiger partial charge in [0.05, 0.1) is 31.7 Å². The molecule has 1 aromatic carbocycles. The SMILES string of the molecule is CCC/C(=C\c1cc(Br)ccc1O)CC[C@H]1OB(O)C[C@H]2C1=C(CO)C[C@H]1C(=O)N(C(=O)OC)C(=O)[C@H]12. The summed E-state index contributed by atoms with van der Waals surface area (Å²) >= 11 is 3.43. The molecule has 3 amide bonds. The van der Waals surface area contributed by atoms with Crippen molar-refractivity contribution < 1.29 is 39.0 Å². The highest BCUT2D eigenvalue weighted by molar-refractivity contribution is 9.10.